The van der Waals surface area contributed by atoms with Crippen LogP contribution in [-0.2, 0) is 0 Å². The first-order valence-corrected chi connectivity index (χ1v) is 6.49. The Hall–Kier alpha value is -1.43. The summed E-state index contributed by atoms with van der Waals surface area (Å²) in [5.41, 5.74) is 0.0270. The van der Waals surface area contributed by atoms with Crippen molar-refractivity contribution in [2.24, 2.45) is 5.41 Å². The van der Waals surface area contributed by atoms with Crippen molar-refractivity contribution in [3.05, 3.63) is 12.0 Å². The zero-order valence-electron chi connectivity index (χ0n) is 12.4. The monoisotopic (exact) mass is 269 g/mol. The highest BCUT2D eigenvalue weighted by Crippen LogP contribution is 2.18. The number of aromatic nitrogens is 2. The molecule has 19 heavy (non-hydrogen) atoms. The van der Waals surface area contributed by atoms with Gasteiger partial charge >= 0.3 is 0 Å². The van der Waals surface area contributed by atoms with Crippen LogP contribution in [0.5, 0.6) is 0 Å². The minimum Gasteiger partial charge on any atom is -0.367 e. The summed E-state index contributed by atoms with van der Waals surface area (Å²) in [6, 6.07) is 0. The summed E-state index contributed by atoms with van der Waals surface area (Å²) >= 11 is 0. The number of hydrogen-bond donors (Lipinski definition) is 2. The van der Waals surface area contributed by atoms with Crippen LogP contribution in [0.15, 0.2) is 6.20 Å². The van der Waals surface area contributed by atoms with Crippen LogP contribution >= 0.6 is 0 Å². The predicted octanol–water partition coefficient (Wildman–Crippen LogP) is 2.05. The number of anilines is 2. The Balaban J connectivity index is 2.68. The van der Waals surface area contributed by atoms with Crippen molar-refractivity contribution in [2.75, 3.05) is 44.4 Å². The number of halogens is 1. The Morgan fingerprint density at radius 2 is 2.00 bits per heavy atom. The molecular weight excluding hydrogens is 245 g/mol. The van der Waals surface area contributed by atoms with Crippen LogP contribution in [0.3, 0.4) is 0 Å². The highest BCUT2D eigenvalue weighted by molar-refractivity contribution is 5.41. The first-order valence-electron chi connectivity index (χ1n) is 6.49. The van der Waals surface area contributed by atoms with Gasteiger partial charge in [-0.3, -0.25) is 0 Å². The molecule has 0 saturated heterocycles. The van der Waals surface area contributed by atoms with Gasteiger partial charge in [-0.25, -0.2) is 9.37 Å². The molecule has 0 unspecified atom stereocenters. The molecule has 5 nitrogen and oxygen atoms in total. The van der Waals surface area contributed by atoms with Crippen LogP contribution in [-0.4, -0.2) is 48.6 Å². The molecule has 1 aromatic heterocycles. The van der Waals surface area contributed by atoms with E-state index >= 15 is 0 Å². The molecular formula is C13H24FN5. The van der Waals surface area contributed by atoms with E-state index in [2.05, 4.69) is 39.3 Å². The maximum atomic E-state index is 13.6. The molecule has 108 valence electrons. The van der Waals surface area contributed by atoms with Crippen LogP contribution in [0, 0.1) is 11.2 Å². The smallest absolute Gasteiger partial charge is 0.224 e. The summed E-state index contributed by atoms with van der Waals surface area (Å²) in [6.45, 7) is 8.46. The van der Waals surface area contributed by atoms with Gasteiger partial charge in [0.15, 0.2) is 11.6 Å². The van der Waals surface area contributed by atoms with Crippen LogP contribution in [0.2, 0.25) is 0 Å². The summed E-state index contributed by atoms with van der Waals surface area (Å²) in [5, 5.41) is 6.03. The number of nitrogens with one attached hydrogen (secondary N) is 2. The highest BCUT2D eigenvalue weighted by atomic mass is 19.1. The molecule has 1 rings (SSSR count). The lowest BCUT2D eigenvalue weighted by Gasteiger charge is -2.28. The molecule has 0 atom stereocenters. The van der Waals surface area contributed by atoms with E-state index in [1.807, 2.05) is 21.0 Å². The van der Waals surface area contributed by atoms with Crippen LogP contribution in [0.25, 0.3) is 0 Å². The van der Waals surface area contributed by atoms with Gasteiger partial charge in [-0.2, -0.15) is 4.98 Å². The van der Waals surface area contributed by atoms with Crippen molar-refractivity contribution in [1.29, 1.82) is 0 Å². The van der Waals surface area contributed by atoms with Gasteiger partial charge in [0.05, 0.1) is 6.20 Å². The van der Waals surface area contributed by atoms with E-state index in [-0.39, 0.29) is 11.2 Å². The van der Waals surface area contributed by atoms with Crippen LogP contribution in [0.4, 0.5) is 16.2 Å². The Kier molecular flexibility index (Phi) is 5.47. The lowest BCUT2D eigenvalue weighted by atomic mass is 9.93. The van der Waals surface area contributed by atoms with Crippen molar-refractivity contribution >= 4 is 11.8 Å². The van der Waals surface area contributed by atoms with E-state index in [1.165, 1.54) is 6.20 Å². The molecule has 0 fully saturated rings. The average molecular weight is 269 g/mol. The maximum Gasteiger partial charge on any atom is 0.224 e. The normalized spacial score (nSPS) is 11.7. The quantitative estimate of drug-likeness (QED) is 0.793. The predicted molar refractivity (Wildman–Crippen MR) is 77.0 cm³/mol. The van der Waals surface area contributed by atoms with Gasteiger partial charge in [0.25, 0.3) is 0 Å². The van der Waals surface area contributed by atoms with E-state index < -0.39 is 5.82 Å². The third-order valence-corrected chi connectivity index (χ3v) is 2.56. The molecule has 0 saturated carbocycles. The molecule has 2 N–H and O–H groups in total. The van der Waals surface area contributed by atoms with Crippen LogP contribution in [0.1, 0.15) is 20.8 Å². The van der Waals surface area contributed by atoms with Crippen molar-refractivity contribution in [3.8, 4) is 0 Å². The standard InChI is InChI=1S/C13H24FN5/c1-6-15-12-16-7-10(14)11(18-12)17-8-13(2,3)9-19(4)5/h7H,6,8-9H2,1-5H3,(H2,15,16,17,18). The fourth-order valence-electron chi connectivity index (χ4n) is 1.97. The first kappa shape index (κ1) is 15.6. The molecule has 0 radical (unpaired) electrons. The van der Waals surface area contributed by atoms with Crippen molar-refractivity contribution in [3.63, 3.8) is 0 Å². The molecule has 0 aliphatic carbocycles. The molecule has 0 aromatic carbocycles. The van der Waals surface area contributed by atoms with E-state index in [0.717, 1.165) is 6.54 Å². The van der Waals surface area contributed by atoms with Crippen molar-refractivity contribution < 1.29 is 4.39 Å². The Morgan fingerprint density at radius 3 is 2.58 bits per heavy atom. The van der Waals surface area contributed by atoms with Gasteiger partial charge in [-0.15, -0.1) is 0 Å². The molecule has 1 aromatic rings. The third kappa shape index (κ3) is 5.38. The molecule has 0 aliphatic heterocycles. The molecule has 0 aliphatic rings. The Bertz CT molecular complexity index is 406. The number of nitrogens with zero attached hydrogens (tertiary/aromatic N) is 3. The summed E-state index contributed by atoms with van der Waals surface area (Å²) in [4.78, 5) is 10.1. The fraction of sp³-hybridized carbons (Fsp3) is 0.692. The Morgan fingerprint density at radius 1 is 1.32 bits per heavy atom. The first-order chi connectivity index (χ1) is 8.84. The lowest BCUT2D eigenvalue weighted by molar-refractivity contribution is 0.254. The number of rotatable bonds is 7. The summed E-state index contributed by atoms with van der Waals surface area (Å²) < 4.78 is 13.6. The molecule has 6 heteroatoms. The summed E-state index contributed by atoms with van der Waals surface area (Å²) in [6.07, 6.45) is 1.19. The average Bonchev–Trinajstić information content (AvgIpc) is 2.28. The van der Waals surface area contributed by atoms with E-state index in [0.29, 0.717) is 19.0 Å². The second-order valence-electron chi connectivity index (χ2n) is 5.68. The molecule has 1 heterocycles. The maximum absolute atomic E-state index is 13.6. The lowest BCUT2D eigenvalue weighted by Crippen LogP contribution is -2.34. The zero-order valence-corrected chi connectivity index (χ0v) is 12.4. The second kappa shape index (κ2) is 6.65. The largest absolute Gasteiger partial charge is 0.367 e. The van der Waals surface area contributed by atoms with Crippen molar-refractivity contribution in [1.82, 2.24) is 14.9 Å². The van der Waals surface area contributed by atoms with Gasteiger partial charge < -0.3 is 15.5 Å². The minimum absolute atomic E-state index is 0.0270. The van der Waals surface area contributed by atoms with Gasteiger partial charge in [-0.1, -0.05) is 13.8 Å². The van der Waals surface area contributed by atoms with Crippen LogP contribution < -0.4 is 10.6 Å². The summed E-state index contributed by atoms with van der Waals surface area (Å²) in [5.74, 6) is 0.261. The van der Waals surface area contributed by atoms with Crippen molar-refractivity contribution in [2.45, 2.75) is 20.8 Å². The number of hydrogen-bond acceptors (Lipinski definition) is 5. The SMILES string of the molecule is CCNc1ncc(F)c(NCC(C)(C)CN(C)C)n1. The zero-order chi connectivity index (χ0) is 14.5. The highest BCUT2D eigenvalue weighted by Gasteiger charge is 2.19. The van der Waals surface area contributed by atoms with Gasteiger partial charge in [0.1, 0.15) is 0 Å². The van der Waals surface area contributed by atoms with E-state index in [1.54, 1.807) is 0 Å². The van der Waals surface area contributed by atoms with E-state index in [4.69, 9.17) is 0 Å². The summed E-state index contributed by atoms with van der Waals surface area (Å²) in [7, 11) is 4.05. The minimum atomic E-state index is -0.428. The molecule has 0 bridgehead atoms. The fourth-order valence-corrected chi connectivity index (χ4v) is 1.97. The van der Waals surface area contributed by atoms with E-state index in [9.17, 15) is 4.39 Å². The molecule has 0 amide bonds. The second-order valence-corrected chi connectivity index (χ2v) is 5.68. The topological polar surface area (TPSA) is 53.1 Å². The van der Waals surface area contributed by atoms with Gasteiger partial charge in [0.2, 0.25) is 5.95 Å². The van der Waals surface area contributed by atoms with Gasteiger partial charge in [0, 0.05) is 19.6 Å². The Labute approximate surface area is 114 Å². The van der Waals surface area contributed by atoms with Gasteiger partial charge in [-0.05, 0) is 26.4 Å². The third-order valence-electron chi connectivity index (χ3n) is 2.56. The molecule has 0 spiro atoms.